The smallest absolute Gasteiger partial charge is 0.253 e. The van der Waals surface area contributed by atoms with Crippen LogP contribution in [0.15, 0.2) is 73.1 Å². The molecule has 176 valence electrons. The van der Waals surface area contributed by atoms with Crippen LogP contribution in [-0.2, 0) is 11.3 Å². The van der Waals surface area contributed by atoms with Crippen LogP contribution in [0, 0.1) is 6.92 Å². The van der Waals surface area contributed by atoms with E-state index in [0.717, 1.165) is 41.8 Å². The van der Waals surface area contributed by atoms with E-state index in [1.165, 1.54) is 0 Å². The summed E-state index contributed by atoms with van der Waals surface area (Å²) in [5.41, 5.74) is 3.73. The molecule has 6 heteroatoms. The van der Waals surface area contributed by atoms with E-state index in [1.54, 1.807) is 6.20 Å². The van der Waals surface area contributed by atoms with Crippen LogP contribution < -0.4 is 10.1 Å². The Bertz CT molecular complexity index is 1110. The maximum absolute atomic E-state index is 13.3. The topological polar surface area (TPSA) is 63.7 Å². The molecule has 0 aliphatic carbocycles. The van der Waals surface area contributed by atoms with Gasteiger partial charge < -0.3 is 19.7 Å². The fraction of sp³-hybridized carbons (Fsp3) is 0.357. The first-order chi connectivity index (χ1) is 16.6. The van der Waals surface area contributed by atoms with Gasteiger partial charge in [-0.3, -0.25) is 9.78 Å². The second-order valence-corrected chi connectivity index (χ2v) is 9.29. The minimum Gasteiger partial charge on any atom is -0.488 e. The van der Waals surface area contributed by atoms with Gasteiger partial charge in [0.05, 0.1) is 12.2 Å². The van der Waals surface area contributed by atoms with E-state index in [1.807, 2.05) is 71.8 Å². The number of carbonyl (C=O) groups excluding carboxylic acids is 1. The lowest BCUT2D eigenvalue weighted by Gasteiger charge is -2.38. The van der Waals surface area contributed by atoms with E-state index < -0.39 is 0 Å². The van der Waals surface area contributed by atoms with Crippen molar-refractivity contribution >= 4 is 11.6 Å². The highest BCUT2D eigenvalue weighted by atomic mass is 16.6. The molecule has 2 fully saturated rings. The summed E-state index contributed by atoms with van der Waals surface area (Å²) in [6.07, 6.45) is 6.23. The van der Waals surface area contributed by atoms with Crippen LogP contribution in [0.3, 0.4) is 0 Å². The zero-order valence-corrected chi connectivity index (χ0v) is 19.6. The molecule has 3 aromatic rings. The number of carbonyl (C=O) groups is 1. The summed E-state index contributed by atoms with van der Waals surface area (Å²) in [5.74, 6) is 0.961. The van der Waals surface area contributed by atoms with Crippen molar-refractivity contribution in [1.82, 2.24) is 9.88 Å². The Labute approximate surface area is 200 Å². The number of hydrogen-bond donors (Lipinski definition) is 1. The summed E-state index contributed by atoms with van der Waals surface area (Å²) in [5, 5.41) is 3.45. The summed E-state index contributed by atoms with van der Waals surface area (Å²) in [4.78, 5) is 19.4. The number of aromatic nitrogens is 1. The third-order valence-corrected chi connectivity index (χ3v) is 6.87. The Morgan fingerprint density at radius 3 is 2.74 bits per heavy atom. The van der Waals surface area contributed by atoms with E-state index >= 15 is 0 Å². The highest BCUT2D eigenvalue weighted by molar-refractivity contribution is 5.95. The molecular formula is C28H31N3O3. The molecule has 5 rings (SSSR count). The Morgan fingerprint density at radius 1 is 1.15 bits per heavy atom. The Balaban J connectivity index is 1.17. The van der Waals surface area contributed by atoms with Gasteiger partial charge in [0.2, 0.25) is 0 Å². The number of para-hydroxylation sites is 1. The summed E-state index contributed by atoms with van der Waals surface area (Å²) >= 11 is 0. The zero-order chi connectivity index (χ0) is 23.4. The van der Waals surface area contributed by atoms with E-state index in [2.05, 4.69) is 17.2 Å². The lowest BCUT2D eigenvalue weighted by Crippen LogP contribution is -2.46. The van der Waals surface area contributed by atoms with Crippen molar-refractivity contribution in [3.8, 4) is 5.75 Å². The minimum atomic E-state index is -0.181. The molecule has 1 N–H and O–H groups in total. The minimum absolute atomic E-state index is 0.0650. The molecule has 2 saturated heterocycles. The number of amides is 1. The number of rotatable bonds is 6. The molecular weight excluding hydrogens is 426 g/mol. The summed E-state index contributed by atoms with van der Waals surface area (Å²) < 4.78 is 12.3. The Kier molecular flexibility index (Phi) is 6.50. The fourth-order valence-corrected chi connectivity index (χ4v) is 4.86. The highest BCUT2D eigenvalue weighted by Crippen LogP contribution is 2.37. The van der Waals surface area contributed by atoms with Crippen LogP contribution in [0.1, 0.15) is 40.7 Å². The van der Waals surface area contributed by atoms with Crippen molar-refractivity contribution in [2.75, 3.05) is 25.0 Å². The number of nitrogens with one attached hydrogen (secondary N) is 1. The predicted octanol–water partition coefficient (Wildman–Crippen LogP) is 4.84. The number of hydrogen-bond acceptors (Lipinski definition) is 5. The maximum atomic E-state index is 13.3. The van der Waals surface area contributed by atoms with Gasteiger partial charge in [0.1, 0.15) is 11.9 Å². The monoisotopic (exact) mass is 457 g/mol. The Morgan fingerprint density at radius 2 is 1.97 bits per heavy atom. The quantitative estimate of drug-likeness (QED) is 0.574. The molecule has 2 aliphatic heterocycles. The second kappa shape index (κ2) is 9.85. The molecule has 0 bridgehead atoms. The summed E-state index contributed by atoms with van der Waals surface area (Å²) in [6.45, 7) is 4.72. The molecule has 0 saturated carbocycles. The zero-order valence-electron chi connectivity index (χ0n) is 19.6. The van der Waals surface area contributed by atoms with Crippen molar-refractivity contribution in [2.45, 2.75) is 44.4 Å². The van der Waals surface area contributed by atoms with Crippen LogP contribution in [0.25, 0.3) is 0 Å². The van der Waals surface area contributed by atoms with Crippen molar-refractivity contribution in [3.05, 3.63) is 89.7 Å². The summed E-state index contributed by atoms with van der Waals surface area (Å²) in [6, 6.07) is 19.8. The predicted molar refractivity (Wildman–Crippen MR) is 132 cm³/mol. The molecule has 1 spiro atoms. The molecule has 3 heterocycles. The number of benzene rings is 2. The molecule has 34 heavy (non-hydrogen) atoms. The normalized spacial score (nSPS) is 19.2. The van der Waals surface area contributed by atoms with Crippen LogP contribution in [0.4, 0.5) is 5.69 Å². The van der Waals surface area contributed by atoms with Crippen molar-refractivity contribution in [1.29, 1.82) is 0 Å². The van der Waals surface area contributed by atoms with Crippen molar-refractivity contribution < 1.29 is 14.3 Å². The number of likely N-dealkylation sites (tertiary alicyclic amines) is 1. The van der Waals surface area contributed by atoms with E-state index in [0.29, 0.717) is 31.8 Å². The molecule has 1 atom stereocenters. The lowest BCUT2D eigenvalue weighted by molar-refractivity contribution is -0.0395. The largest absolute Gasteiger partial charge is 0.488 e. The number of anilines is 1. The first kappa shape index (κ1) is 22.4. The van der Waals surface area contributed by atoms with Crippen LogP contribution in [0.2, 0.25) is 0 Å². The van der Waals surface area contributed by atoms with Gasteiger partial charge in [0.25, 0.3) is 5.91 Å². The average Bonchev–Trinajstić information content (AvgIpc) is 3.26. The van der Waals surface area contributed by atoms with Gasteiger partial charge in [-0.1, -0.05) is 30.3 Å². The van der Waals surface area contributed by atoms with E-state index in [-0.39, 0.29) is 17.6 Å². The van der Waals surface area contributed by atoms with Gasteiger partial charge >= 0.3 is 0 Å². The van der Waals surface area contributed by atoms with E-state index in [4.69, 9.17) is 9.47 Å². The molecule has 1 aromatic heterocycles. The first-order valence-electron chi connectivity index (χ1n) is 12.0. The van der Waals surface area contributed by atoms with Crippen LogP contribution >= 0.6 is 0 Å². The molecule has 1 unspecified atom stereocenters. The summed E-state index contributed by atoms with van der Waals surface area (Å²) in [7, 11) is 0. The Hall–Kier alpha value is -3.38. The molecule has 6 nitrogen and oxygen atoms in total. The molecule has 2 aliphatic rings. The average molecular weight is 458 g/mol. The fourth-order valence-electron chi connectivity index (χ4n) is 4.86. The van der Waals surface area contributed by atoms with Gasteiger partial charge in [-0.05, 0) is 61.2 Å². The number of pyridine rings is 1. The third kappa shape index (κ3) is 5.07. The SMILES string of the molecule is Cc1ccc(C(=O)N2CCC3(CC2)CC(Oc2ccccc2)CO3)cc1NCc1cccnc1. The third-order valence-electron chi connectivity index (χ3n) is 6.87. The number of piperidine rings is 1. The van der Waals surface area contributed by atoms with Crippen molar-refractivity contribution in [3.63, 3.8) is 0 Å². The first-order valence-corrected chi connectivity index (χ1v) is 12.0. The maximum Gasteiger partial charge on any atom is 0.253 e. The van der Waals surface area contributed by atoms with Gasteiger partial charge in [0, 0.05) is 49.7 Å². The number of aryl methyl sites for hydroxylation is 1. The van der Waals surface area contributed by atoms with Crippen molar-refractivity contribution in [2.24, 2.45) is 0 Å². The van der Waals surface area contributed by atoms with Gasteiger partial charge in [-0.25, -0.2) is 0 Å². The van der Waals surface area contributed by atoms with Gasteiger partial charge in [0.15, 0.2) is 0 Å². The molecule has 0 radical (unpaired) electrons. The van der Waals surface area contributed by atoms with Crippen LogP contribution in [0.5, 0.6) is 5.75 Å². The second-order valence-electron chi connectivity index (χ2n) is 9.29. The lowest BCUT2D eigenvalue weighted by atomic mass is 9.87. The standard InChI is InChI=1S/C28H31N3O3/c1-21-9-10-23(16-26(21)30-19-22-6-5-13-29-18-22)27(32)31-14-11-28(12-15-31)17-25(20-33-28)34-24-7-3-2-4-8-24/h2-10,13,16,18,25,30H,11-12,14-15,17,19-20H2,1H3. The van der Waals surface area contributed by atoms with Gasteiger partial charge in [-0.15, -0.1) is 0 Å². The number of ether oxygens (including phenoxy) is 2. The molecule has 2 aromatic carbocycles. The van der Waals surface area contributed by atoms with Crippen LogP contribution in [-0.4, -0.2) is 47.2 Å². The van der Waals surface area contributed by atoms with E-state index in [9.17, 15) is 4.79 Å². The molecule has 1 amide bonds. The number of nitrogens with zero attached hydrogens (tertiary/aromatic N) is 2. The highest BCUT2D eigenvalue weighted by Gasteiger charge is 2.44. The van der Waals surface area contributed by atoms with Gasteiger partial charge in [-0.2, -0.15) is 0 Å².